The molecule has 1 fully saturated rings. The van der Waals surface area contributed by atoms with Crippen LogP contribution in [0, 0.1) is 0 Å². The number of carbonyl (C=O) groups is 1. The Hall–Kier alpha value is -0.770. The van der Waals surface area contributed by atoms with Gasteiger partial charge in [0.2, 0.25) is 0 Å². The topological polar surface area (TPSA) is 128 Å². The summed E-state index contributed by atoms with van der Waals surface area (Å²) in [4.78, 5) is 10.9. The molecule has 1 aliphatic heterocycles. The monoisotopic (exact) mass is 279 g/mol. The smallest absolute Gasteiger partial charge is 0.305 e. The molecule has 0 spiro atoms. The van der Waals surface area contributed by atoms with Crippen molar-refractivity contribution in [3.63, 3.8) is 0 Å². The molecule has 8 nitrogen and oxygen atoms in total. The number of hydrogen-bond acceptors (Lipinski definition) is 8. The van der Waals surface area contributed by atoms with Gasteiger partial charge in [0.25, 0.3) is 0 Å². The summed E-state index contributed by atoms with van der Waals surface area (Å²) < 4.78 is 9.44. The fraction of sp³-hybridized carbons (Fsp3) is 0.909. The van der Waals surface area contributed by atoms with E-state index in [1.54, 1.807) is 0 Å². The van der Waals surface area contributed by atoms with Gasteiger partial charge in [-0.05, 0) is 13.0 Å². The normalized spacial score (nSPS) is 35.1. The Kier molecular flexibility index (Phi) is 6.63. The summed E-state index contributed by atoms with van der Waals surface area (Å²) in [5.74, 6) is -0.344. The van der Waals surface area contributed by atoms with Gasteiger partial charge in [-0.15, -0.1) is 0 Å². The Morgan fingerprint density at radius 3 is 2.58 bits per heavy atom. The van der Waals surface area contributed by atoms with Crippen molar-refractivity contribution in [1.82, 2.24) is 5.32 Å². The minimum atomic E-state index is -1.34. The molecule has 0 bridgehead atoms. The van der Waals surface area contributed by atoms with Crippen LogP contribution in [0.15, 0.2) is 0 Å². The number of esters is 1. The molecule has 0 saturated carbocycles. The van der Waals surface area contributed by atoms with E-state index in [0.717, 1.165) is 0 Å². The molecule has 0 aromatic heterocycles. The van der Waals surface area contributed by atoms with Crippen molar-refractivity contribution >= 4 is 5.97 Å². The zero-order valence-corrected chi connectivity index (χ0v) is 10.7. The highest BCUT2D eigenvalue weighted by atomic mass is 16.6. The maximum absolute atomic E-state index is 10.9. The fourth-order valence-electron chi connectivity index (χ4n) is 1.92. The van der Waals surface area contributed by atoms with E-state index in [-0.39, 0.29) is 12.4 Å². The number of rotatable bonds is 6. The van der Waals surface area contributed by atoms with Gasteiger partial charge < -0.3 is 35.2 Å². The molecule has 1 rings (SSSR count). The van der Waals surface area contributed by atoms with Gasteiger partial charge in [0.15, 0.2) is 6.29 Å². The summed E-state index contributed by atoms with van der Waals surface area (Å²) in [5, 5.41) is 40.8. The van der Waals surface area contributed by atoms with E-state index in [0.29, 0.717) is 13.0 Å². The zero-order valence-electron chi connectivity index (χ0n) is 10.7. The van der Waals surface area contributed by atoms with E-state index in [4.69, 9.17) is 9.84 Å². The number of ether oxygens (including phenoxy) is 2. The molecule has 112 valence electrons. The first kappa shape index (κ1) is 16.3. The number of aliphatic hydroxyl groups excluding tert-OH is 4. The first-order valence-corrected chi connectivity index (χ1v) is 6.12. The van der Waals surface area contributed by atoms with Crippen LogP contribution in [0.2, 0.25) is 0 Å². The molecule has 0 radical (unpaired) electrons. The van der Waals surface area contributed by atoms with Crippen LogP contribution in [-0.4, -0.2) is 77.3 Å². The highest BCUT2D eigenvalue weighted by Crippen LogP contribution is 2.19. The van der Waals surface area contributed by atoms with Crippen LogP contribution in [0.5, 0.6) is 0 Å². The minimum absolute atomic E-state index is 0.213. The third-order valence-electron chi connectivity index (χ3n) is 3.07. The number of hydrogen-bond donors (Lipinski definition) is 5. The van der Waals surface area contributed by atoms with Gasteiger partial charge in [-0.2, -0.15) is 0 Å². The van der Waals surface area contributed by atoms with Crippen molar-refractivity contribution in [3.05, 3.63) is 0 Å². The lowest BCUT2D eigenvalue weighted by molar-refractivity contribution is -0.254. The van der Waals surface area contributed by atoms with Gasteiger partial charge in [-0.3, -0.25) is 4.79 Å². The minimum Gasteiger partial charge on any atom is -0.469 e. The van der Waals surface area contributed by atoms with E-state index in [9.17, 15) is 20.1 Å². The van der Waals surface area contributed by atoms with E-state index < -0.39 is 37.3 Å². The molecule has 0 amide bonds. The largest absolute Gasteiger partial charge is 0.469 e. The number of aliphatic hydroxyl groups is 4. The Labute approximate surface area is 110 Å². The van der Waals surface area contributed by atoms with Crippen molar-refractivity contribution in [1.29, 1.82) is 0 Å². The molecular weight excluding hydrogens is 258 g/mol. The molecule has 1 unspecified atom stereocenters. The van der Waals surface area contributed by atoms with Gasteiger partial charge in [0.1, 0.15) is 18.3 Å². The highest BCUT2D eigenvalue weighted by Gasteiger charge is 2.43. The van der Waals surface area contributed by atoms with E-state index in [1.165, 1.54) is 7.11 Å². The summed E-state index contributed by atoms with van der Waals surface area (Å²) in [6.45, 7) is -0.155. The molecule has 1 saturated heterocycles. The van der Waals surface area contributed by atoms with E-state index in [1.807, 2.05) is 0 Å². The fourth-order valence-corrected chi connectivity index (χ4v) is 1.92. The van der Waals surface area contributed by atoms with Crippen molar-refractivity contribution in [2.24, 2.45) is 0 Å². The molecule has 1 aliphatic rings. The first-order chi connectivity index (χ1) is 9.01. The van der Waals surface area contributed by atoms with E-state index in [2.05, 4.69) is 10.1 Å². The molecule has 1 heterocycles. The van der Waals surface area contributed by atoms with Gasteiger partial charge >= 0.3 is 5.97 Å². The van der Waals surface area contributed by atoms with Crippen LogP contribution in [0.25, 0.3) is 0 Å². The lowest BCUT2D eigenvalue weighted by Gasteiger charge is -2.40. The van der Waals surface area contributed by atoms with Crippen LogP contribution < -0.4 is 5.32 Å². The lowest BCUT2D eigenvalue weighted by atomic mass is 9.97. The number of methoxy groups -OCH3 is 1. The van der Waals surface area contributed by atoms with Gasteiger partial charge in [0, 0.05) is 6.42 Å². The summed E-state index contributed by atoms with van der Waals surface area (Å²) in [6, 6.07) is -0.879. The second-order valence-corrected chi connectivity index (χ2v) is 4.39. The van der Waals surface area contributed by atoms with Crippen LogP contribution in [0.1, 0.15) is 12.8 Å². The van der Waals surface area contributed by atoms with Gasteiger partial charge in [0.05, 0.1) is 19.8 Å². The molecule has 5 N–H and O–H groups in total. The van der Waals surface area contributed by atoms with Crippen LogP contribution in [0.4, 0.5) is 0 Å². The summed E-state index contributed by atoms with van der Waals surface area (Å²) in [7, 11) is 1.30. The Morgan fingerprint density at radius 1 is 1.32 bits per heavy atom. The van der Waals surface area contributed by atoms with Crippen molar-refractivity contribution < 1.29 is 34.7 Å². The summed E-state index contributed by atoms with van der Waals surface area (Å²) in [5.41, 5.74) is 0. The van der Waals surface area contributed by atoms with Gasteiger partial charge in [-0.1, -0.05) is 0 Å². The second-order valence-electron chi connectivity index (χ2n) is 4.39. The highest BCUT2D eigenvalue weighted by molar-refractivity contribution is 5.69. The Bertz CT molecular complexity index is 288. The van der Waals surface area contributed by atoms with Gasteiger partial charge in [-0.25, -0.2) is 0 Å². The molecule has 19 heavy (non-hydrogen) atoms. The quantitative estimate of drug-likeness (QED) is 0.263. The van der Waals surface area contributed by atoms with Crippen LogP contribution in [0.3, 0.4) is 0 Å². The first-order valence-electron chi connectivity index (χ1n) is 6.12. The average molecular weight is 279 g/mol. The lowest BCUT2D eigenvalue weighted by Crippen LogP contribution is -2.63. The van der Waals surface area contributed by atoms with E-state index >= 15 is 0 Å². The van der Waals surface area contributed by atoms with Crippen molar-refractivity contribution in [2.75, 3.05) is 20.3 Å². The Morgan fingerprint density at radius 2 is 2.00 bits per heavy atom. The van der Waals surface area contributed by atoms with Crippen LogP contribution >= 0.6 is 0 Å². The molecule has 0 aromatic rings. The summed E-state index contributed by atoms with van der Waals surface area (Å²) >= 11 is 0. The third kappa shape index (κ3) is 4.37. The zero-order chi connectivity index (χ0) is 14.4. The van der Waals surface area contributed by atoms with Crippen LogP contribution in [-0.2, 0) is 14.3 Å². The number of carbonyl (C=O) groups excluding carboxylic acids is 1. The summed E-state index contributed by atoms with van der Waals surface area (Å²) in [6.07, 6.45) is -4.23. The standard InChI is InChI=1S/C11H21NO7/c1-18-7(14)3-2-4-12-8-10(16)9(15)6(5-13)19-11(8)17/h6,8-13,15-17H,2-5H2,1H3/t6-,8-,9-,10-,11?/m1/s1. The SMILES string of the molecule is COC(=O)CCCN[C@H]1C(O)O[C@H](CO)[C@@H](O)[C@@H]1O. The molecule has 5 atom stereocenters. The molecular formula is C11H21NO7. The van der Waals surface area contributed by atoms with Crippen molar-refractivity contribution in [2.45, 2.75) is 43.5 Å². The maximum atomic E-state index is 10.9. The molecule has 0 aromatic carbocycles. The predicted octanol–water partition coefficient (Wildman–Crippen LogP) is -2.67. The third-order valence-corrected chi connectivity index (χ3v) is 3.07. The second kappa shape index (κ2) is 7.73. The molecule has 8 heteroatoms. The molecule has 0 aliphatic carbocycles. The number of nitrogens with one attached hydrogen (secondary N) is 1. The maximum Gasteiger partial charge on any atom is 0.305 e. The Balaban J connectivity index is 2.38. The van der Waals surface area contributed by atoms with Crippen molar-refractivity contribution in [3.8, 4) is 0 Å². The predicted molar refractivity (Wildman–Crippen MR) is 63.0 cm³/mol. The average Bonchev–Trinajstić information content (AvgIpc) is 2.41.